The zero-order valence-corrected chi connectivity index (χ0v) is 15.2. The van der Waals surface area contributed by atoms with Crippen molar-refractivity contribution in [1.29, 1.82) is 0 Å². The molecule has 2 amide bonds. The second-order valence-corrected chi connectivity index (χ2v) is 7.75. The van der Waals surface area contributed by atoms with Gasteiger partial charge in [0.05, 0.1) is 23.4 Å². The van der Waals surface area contributed by atoms with Gasteiger partial charge in [-0.05, 0) is 38.5 Å². The van der Waals surface area contributed by atoms with E-state index < -0.39 is 5.54 Å². The highest BCUT2D eigenvalue weighted by Crippen LogP contribution is 2.48. The molecule has 1 unspecified atom stereocenters. The fourth-order valence-electron chi connectivity index (χ4n) is 4.41. The lowest BCUT2D eigenvalue weighted by Crippen LogP contribution is -2.46. The fraction of sp³-hybridized carbons (Fsp3) is 0.667. The van der Waals surface area contributed by atoms with Gasteiger partial charge in [0.2, 0.25) is 5.91 Å². The number of aryl methyl sites for hydroxylation is 1. The van der Waals surface area contributed by atoms with Crippen molar-refractivity contribution >= 4 is 11.8 Å². The molecule has 0 aromatic carbocycles. The summed E-state index contributed by atoms with van der Waals surface area (Å²) >= 11 is 0. The van der Waals surface area contributed by atoms with Gasteiger partial charge in [0.1, 0.15) is 6.33 Å². The molecule has 1 spiro atoms. The summed E-state index contributed by atoms with van der Waals surface area (Å²) in [5.74, 6) is -0.0247. The van der Waals surface area contributed by atoms with Crippen LogP contribution in [0.4, 0.5) is 0 Å². The van der Waals surface area contributed by atoms with Crippen molar-refractivity contribution in [3.63, 3.8) is 0 Å². The maximum absolute atomic E-state index is 12.7. The molecule has 0 radical (unpaired) electrons. The number of likely N-dealkylation sites (tertiary alicyclic amines) is 2. The van der Waals surface area contributed by atoms with Crippen LogP contribution in [0.25, 0.3) is 0 Å². The molecule has 0 saturated carbocycles. The second kappa shape index (κ2) is 6.37. The molecule has 3 heterocycles. The third kappa shape index (κ3) is 3.13. The summed E-state index contributed by atoms with van der Waals surface area (Å²) in [7, 11) is 0. The average molecular weight is 346 g/mol. The van der Waals surface area contributed by atoms with Crippen LogP contribution in [0.15, 0.2) is 12.5 Å². The molecule has 3 rings (SSSR count). The molecule has 136 valence electrons. The Morgan fingerprint density at radius 2 is 2.00 bits per heavy atom. The summed E-state index contributed by atoms with van der Waals surface area (Å²) in [4.78, 5) is 36.4. The van der Waals surface area contributed by atoms with Crippen LogP contribution in [0.1, 0.15) is 49.2 Å². The summed E-state index contributed by atoms with van der Waals surface area (Å²) in [6.45, 7) is 7.26. The number of aliphatic hydroxyl groups excluding tert-OH is 1. The number of hydrogen-bond donors (Lipinski definition) is 1. The highest BCUT2D eigenvalue weighted by atomic mass is 16.3. The highest BCUT2D eigenvalue weighted by Gasteiger charge is 2.52. The van der Waals surface area contributed by atoms with Crippen molar-refractivity contribution in [2.24, 2.45) is 5.41 Å². The van der Waals surface area contributed by atoms with Crippen molar-refractivity contribution in [2.45, 2.75) is 45.6 Å². The van der Waals surface area contributed by atoms with Gasteiger partial charge in [-0.2, -0.15) is 0 Å². The van der Waals surface area contributed by atoms with Crippen LogP contribution in [0.2, 0.25) is 0 Å². The molecule has 1 N–H and O–H groups in total. The maximum atomic E-state index is 12.7. The third-order valence-electron chi connectivity index (χ3n) is 5.87. The molecule has 7 nitrogen and oxygen atoms in total. The molecule has 1 aromatic rings. The molecule has 2 aliphatic rings. The molecule has 2 saturated heterocycles. The Kier molecular flexibility index (Phi) is 4.53. The smallest absolute Gasteiger partial charge is 0.257 e. The predicted octanol–water partition coefficient (Wildman–Crippen LogP) is 1.01. The van der Waals surface area contributed by atoms with Gasteiger partial charge in [0.15, 0.2) is 0 Å². The fourth-order valence-corrected chi connectivity index (χ4v) is 4.41. The number of rotatable bonds is 2. The number of aliphatic hydroxyl groups is 1. The first-order valence-electron chi connectivity index (χ1n) is 8.75. The summed E-state index contributed by atoms with van der Waals surface area (Å²) in [6, 6.07) is 0. The van der Waals surface area contributed by atoms with Gasteiger partial charge in [-0.15, -0.1) is 0 Å². The Morgan fingerprint density at radius 3 is 2.52 bits per heavy atom. The Bertz CT molecular complexity index is 685. The van der Waals surface area contributed by atoms with Crippen molar-refractivity contribution in [2.75, 3.05) is 26.2 Å². The molecule has 7 heteroatoms. The van der Waals surface area contributed by atoms with Gasteiger partial charge in [0.25, 0.3) is 5.91 Å². The number of carbonyl (C=O) groups is 2. The standard InChI is InChI=1S/C18H26N4O3/c1-13-15(8-19-12-20-13)16(25)21-6-4-18(5-7-21)9-17(3,11-23)22(10-18)14(2)24/h8,12,23H,4-7,9-11H2,1-3H3. The lowest BCUT2D eigenvalue weighted by molar-refractivity contribution is -0.134. The van der Waals surface area contributed by atoms with E-state index in [0.29, 0.717) is 30.9 Å². The van der Waals surface area contributed by atoms with Gasteiger partial charge < -0.3 is 14.9 Å². The Labute approximate surface area is 148 Å². The molecule has 0 aliphatic carbocycles. The minimum Gasteiger partial charge on any atom is -0.394 e. The van der Waals surface area contributed by atoms with Gasteiger partial charge in [-0.25, -0.2) is 9.97 Å². The molecule has 0 bridgehead atoms. The Balaban J connectivity index is 1.71. The quantitative estimate of drug-likeness (QED) is 0.864. The molecule has 2 aliphatic heterocycles. The Morgan fingerprint density at radius 1 is 1.32 bits per heavy atom. The van der Waals surface area contributed by atoms with E-state index in [0.717, 1.165) is 19.3 Å². The minimum absolute atomic E-state index is 0.00369. The summed E-state index contributed by atoms with van der Waals surface area (Å²) in [6.07, 6.45) is 5.48. The van der Waals surface area contributed by atoms with Crippen molar-refractivity contribution < 1.29 is 14.7 Å². The molecule has 25 heavy (non-hydrogen) atoms. The lowest BCUT2D eigenvalue weighted by atomic mass is 9.74. The maximum Gasteiger partial charge on any atom is 0.257 e. The monoisotopic (exact) mass is 346 g/mol. The van der Waals surface area contributed by atoms with E-state index in [-0.39, 0.29) is 23.8 Å². The zero-order valence-electron chi connectivity index (χ0n) is 15.2. The molecule has 1 atom stereocenters. The van der Waals surface area contributed by atoms with E-state index in [4.69, 9.17) is 0 Å². The number of hydrogen-bond acceptors (Lipinski definition) is 5. The molecular formula is C18H26N4O3. The van der Waals surface area contributed by atoms with Gasteiger partial charge in [-0.1, -0.05) is 0 Å². The van der Waals surface area contributed by atoms with Gasteiger partial charge in [0, 0.05) is 32.8 Å². The predicted molar refractivity (Wildman–Crippen MR) is 91.8 cm³/mol. The van der Waals surface area contributed by atoms with Gasteiger partial charge >= 0.3 is 0 Å². The topological polar surface area (TPSA) is 86.6 Å². The minimum atomic E-state index is -0.498. The van der Waals surface area contributed by atoms with Crippen LogP contribution in [-0.4, -0.2) is 68.5 Å². The second-order valence-electron chi connectivity index (χ2n) is 7.75. The zero-order chi connectivity index (χ0) is 18.2. The lowest BCUT2D eigenvalue weighted by Gasteiger charge is -2.39. The van der Waals surface area contributed by atoms with Crippen molar-refractivity contribution in [3.05, 3.63) is 23.8 Å². The van der Waals surface area contributed by atoms with E-state index in [1.807, 2.05) is 18.7 Å². The van der Waals surface area contributed by atoms with E-state index >= 15 is 0 Å². The first-order chi connectivity index (χ1) is 11.8. The number of carbonyl (C=O) groups excluding carboxylic acids is 2. The summed E-state index contributed by atoms with van der Waals surface area (Å²) in [5.41, 5.74) is 0.733. The Hall–Kier alpha value is -2.02. The van der Waals surface area contributed by atoms with E-state index in [1.54, 1.807) is 18.0 Å². The van der Waals surface area contributed by atoms with E-state index in [1.165, 1.54) is 6.33 Å². The van der Waals surface area contributed by atoms with Crippen LogP contribution in [0.3, 0.4) is 0 Å². The van der Waals surface area contributed by atoms with Crippen LogP contribution >= 0.6 is 0 Å². The largest absolute Gasteiger partial charge is 0.394 e. The van der Waals surface area contributed by atoms with Crippen LogP contribution in [0, 0.1) is 12.3 Å². The third-order valence-corrected chi connectivity index (χ3v) is 5.87. The first kappa shape index (κ1) is 17.8. The first-order valence-corrected chi connectivity index (χ1v) is 8.75. The number of piperidine rings is 1. The highest BCUT2D eigenvalue weighted by molar-refractivity contribution is 5.94. The summed E-state index contributed by atoms with van der Waals surface area (Å²) in [5, 5.41) is 9.81. The van der Waals surface area contributed by atoms with Crippen LogP contribution < -0.4 is 0 Å². The SMILES string of the molecule is CC(=O)N1CC2(CCN(C(=O)c3cncnc3C)CC2)CC1(C)CO. The van der Waals surface area contributed by atoms with Crippen molar-refractivity contribution in [1.82, 2.24) is 19.8 Å². The van der Waals surface area contributed by atoms with Crippen LogP contribution in [-0.2, 0) is 4.79 Å². The molecule has 1 aromatic heterocycles. The summed E-state index contributed by atoms with van der Waals surface area (Å²) < 4.78 is 0. The molecular weight excluding hydrogens is 320 g/mol. The average Bonchev–Trinajstić information content (AvgIpc) is 2.89. The molecule has 2 fully saturated rings. The van der Waals surface area contributed by atoms with E-state index in [9.17, 15) is 14.7 Å². The van der Waals surface area contributed by atoms with E-state index in [2.05, 4.69) is 9.97 Å². The number of nitrogens with zero attached hydrogens (tertiary/aromatic N) is 4. The normalized spacial score (nSPS) is 25.4. The van der Waals surface area contributed by atoms with Crippen LogP contribution in [0.5, 0.6) is 0 Å². The van der Waals surface area contributed by atoms with Crippen molar-refractivity contribution in [3.8, 4) is 0 Å². The number of aromatic nitrogens is 2. The van der Waals surface area contributed by atoms with Gasteiger partial charge in [-0.3, -0.25) is 9.59 Å². The number of amides is 2.